The molecule has 0 aliphatic carbocycles. The molecular weight excluding hydrogens is 342 g/mol. The lowest BCUT2D eigenvalue weighted by atomic mass is 9.79. The van der Waals surface area contributed by atoms with Crippen molar-refractivity contribution in [3.63, 3.8) is 0 Å². The maximum absolute atomic E-state index is 11.8. The predicted octanol–water partition coefficient (Wildman–Crippen LogP) is 5.06. The van der Waals surface area contributed by atoms with Crippen molar-refractivity contribution in [2.75, 3.05) is 0 Å². The van der Waals surface area contributed by atoms with Crippen LogP contribution >= 0.6 is 0 Å². The van der Waals surface area contributed by atoms with E-state index >= 15 is 0 Å². The third kappa shape index (κ3) is 3.99. The lowest BCUT2D eigenvalue weighted by Crippen LogP contribution is -2.45. The first-order chi connectivity index (χ1) is 13.6. The average molecular weight is 367 g/mol. The van der Waals surface area contributed by atoms with Gasteiger partial charge in [-0.1, -0.05) is 97.1 Å². The molecule has 0 aromatic heterocycles. The van der Waals surface area contributed by atoms with E-state index in [0.717, 1.165) is 22.1 Å². The van der Waals surface area contributed by atoms with Crippen LogP contribution in [0.3, 0.4) is 0 Å². The average Bonchev–Trinajstić information content (AvgIpc) is 2.74. The molecule has 0 aliphatic heterocycles. The summed E-state index contributed by atoms with van der Waals surface area (Å²) in [7, 11) is 0. The summed E-state index contributed by atoms with van der Waals surface area (Å²) >= 11 is 0. The largest absolute Gasteiger partial charge is 0.387 e. The Labute approximate surface area is 166 Å². The first-order valence-corrected chi connectivity index (χ1v) is 9.69. The number of aliphatic hydroxyl groups is 1. The van der Waals surface area contributed by atoms with Gasteiger partial charge in [-0.2, -0.15) is 0 Å². The zero-order valence-corrected chi connectivity index (χ0v) is 15.8. The predicted molar refractivity (Wildman–Crippen MR) is 116 cm³/mol. The van der Waals surface area contributed by atoms with Crippen LogP contribution in [-0.4, -0.2) is 10.7 Å². The van der Waals surface area contributed by atoms with Crippen LogP contribution in [0.5, 0.6) is 0 Å². The molecule has 28 heavy (non-hydrogen) atoms. The third-order valence-corrected chi connectivity index (χ3v) is 5.42. The zero-order chi connectivity index (χ0) is 19.4. The summed E-state index contributed by atoms with van der Waals surface area (Å²) in [5.41, 5.74) is 8.73. The highest BCUT2D eigenvalue weighted by molar-refractivity contribution is 5.83. The molecule has 4 aromatic carbocycles. The normalized spacial score (nSPS) is 12.8. The van der Waals surface area contributed by atoms with Gasteiger partial charge in [0.1, 0.15) is 0 Å². The molecular formula is C26H25NO. The first-order valence-electron chi connectivity index (χ1n) is 9.69. The molecule has 0 fully saturated rings. The molecule has 2 nitrogen and oxygen atoms in total. The van der Waals surface area contributed by atoms with Crippen molar-refractivity contribution in [3.05, 3.63) is 120 Å². The van der Waals surface area contributed by atoms with E-state index in [1.807, 2.05) is 78.9 Å². The molecule has 0 bridgehead atoms. The van der Waals surface area contributed by atoms with E-state index in [1.165, 1.54) is 5.39 Å². The highest BCUT2D eigenvalue weighted by Crippen LogP contribution is 2.32. The number of benzene rings is 4. The highest BCUT2D eigenvalue weighted by atomic mass is 16.3. The quantitative estimate of drug-likeness (QED) is 0.500. The summed E-state index contributed by atoms with van der Waals surface area (Å²) in [4.78, 5) is 0. The Morgan fingerprint density at radius 2 is 1.14 bits per heavy atom. The van der Waals surface area contributed by atoms with Crippen molar-refractivity contribution in [1.29, 1.82) is 0 Å². The molecule has 0 aliphatic rings. The Hall–Kier alpha value is -2.94. The van der Waals surface area contributed by atoms with Gasteiger partial charge in [-0.25, -0.2) is 0 Å². The fourth-order valence-corrected chi connectivity index (χ4v) is 3.89. The lowest BCUT2D eigenvalue weighted by Gasteiger charge is -2.35. The molecule has 0 radical (unpaired) electrons. The van der Waals surface area contributed by atoms with Crippen LogP contribution in [0, 0.1) is 0 Å². The molecule has 4 aromatic rings. The summed E-state index contributed by atoms with van der Waals surface area (Å²) < 4.78 is 0. The molecule has 1 unspecified atom stereocenters. The molecule has 0 saturated carbocycles. The van der Waals surface area contributed by atoms with E-state index < -0.39 is 11.6 Å². The van der Waals surface area contributed by atoms with Crippen molar-refractivity contribution < 1.29 is 5.11 Å². The van der Waals surface area contributed by atoms with Crippen LogP contribution in [0.1, 0.15) is 22.7 Å². The van der Waals surface area contributed by atoms with Crippen molar-refractivity contribution >= 4 is 10.8 Å². The van der Waals surface area contributed by atoms with Crippen molar-refractivity contribution in [2.45, 2.75) is 24.5 Å². The van der Waals surface area contributed by atoms with Crippen LogP contribution < -0.4 is 5.73 Å². The number of rotatable bonds is 6. The van der Waals surface area contributed by atoms with Crippen molar-refractivity contribution in [3.8, 4) is 0 Å². The monoisotopic (exact) mass is 367 g/mol. The van der Waals surface area contributed by atoms with Crippen LogP contribution in [0.2, 0.25) is 0 Å². The van der Waals surface area contributed by atoms with Crippen molar-refractivity contribution in [1.82, 2.24) is 0 Å². The van der Waals surface area contributed by atoms with Gasteiger partial charge in [0.25, 0.3) is 0 Å². The van der Waals surface area contributed by atoms with Gasteiger partial charge in [0.15, 0.2) is 0 Å². The summed E-state index contributed by atoms with van der Waals surface area (Å²) in [6, 6.07) is 34.1. The van der Waals surface area contributed by atoms with E-state index in [-0.39, 0.29) is 0 Å². The van der Waals surface area contributed by atoms with Gasteiger partial charge in [0, 0.05) is 12.8 Å². The second-order valence-corrected chi connectivity index (χ2v) is 7.51. The Morgan fingerprint density at radius 1 is 0.643 bits per heavy atom. The second-order valence-electron chi connectivity index (χ2n) is 7.51. The van der Waals surface area contributed by atoms with Crippen LogP contribution in [-0.2, 0) is 12.8 Å². The summed E-state index contributed by atoms with van der Waals surface area (Å²) in [6.07, 6.45) is 0.994. The maximum Gasteiger partial charge on any atom is 0.0919 e. The van der Waals surface area contributed by atoms with Gasteiger partial charge in [-0.05, 0) is 33.5 Å². The molecule has 2 heteroatoms. The summed E-state index contributed by atoms with van der Waals surface area (Å²) in [6.45, 7) is 0. The van der Waals surface area contributed by atoms with E-state index in [2.05, 4.69) is 24.3 Å². The third-order valence-electron chi connectivity index (χ3n) is 5.42. The molecule has 0 spiro atoms. The fraction of sp³-hybridized carbons (Fsp3) is 0.154. The summed E-state index contributed by atoms with van der Waals surface area (Å²) in [5, 5.41) is 14.1. The van der Waals surface area contributed by atoms with Crippen LogP contribution in [0.25, 0.3) is 10.8 Å². The number of hydrogen-bond acceptors (Lipinski definition) is 2. The number of nitrogens with two attached hydrogens (primary N) is 1. The van der Waals surface area contributed by atoms with E-state index in [1.54, 1.807) is 0 Å². The molecule has 0 heterocycles. The SMILES string of the molecule is NC(c1ccc2ccccc2c1)C(O)(Cc1ccccc1)Cc1ccccc1. The zero-order valence-electron chi connectivity index (χ0n) is 15.8. The molecule has 0 amide bonds. The van der Waals surface area contributed by atoms with E-state index in [4.69, 9.17) is 5.73 Å². The first kappa shape index (κ1) is 18.4. The van der Waals surface area contributed by atoms with Gasteiger partial charge in [0.05, 0.1) is 11.6 Å². The number of hydrogen-bond donors (Lipinski definition) is 2. The Morgan fingerprint density at radius 3 is 1.71 bits per heavy atom. The lowest BCUT2D eigenvalue weighted by molar-refractivity contribution is 0.0137. The van der Waals surface area contributed by atoms with Gasteiger partial charge < -0.3 is 10.8 Å². The Bertz CT molecular complexity index is 1000. The van der Waals surface area contributed by atoms with Gasteiger partial charge in [0.2, 0.25) is 0 Å². The van der Waals surface area contributed by atoms with Gasteiger partial charge in [-0.15, -0.1) is 0 Å². The van der Waals surface area contributed by atoms with Gasteiger partial charge in [-0.3, -0.25) is 0 Å². The van der Waals surface area contributed by atoms with Crippen LogP contribution in [0.4, 0.5) is 0 Å². The van der Waals surface area contributed by atoms with E-state index in [0.29, 0.717) is 12.8 Å². The minimum atomic E-state index is -1.09. The fourth-order valence-electron chi connectivity index (χ4n) is 3.89. The number of fused-ring (bicyclic) bond motifs is 1. The topological polar surface area (TPSA) is 46.2 Å². The second kappa shape index (κ2) is 7.97. The smallest absolute Gasteiger partial charge is 0.0919 e. The molecule has 140 valence electrons. The highest BCUT2D eigenvalue weighted by Gasteiger charge is 2.36. The van der Waals surface area contributed by atoms with E-state index in [9.17, 15) is 5.11 Å². The molecule has 3 N–H and O–H groups in total. The molecule has 4 rings (SSSR count). The van der Waals surface area contributed by atoms with Gasteiger partial charge >= 0.3 is 0 Å². The molecule has 1 atom stereocenters. The standard InChI is InChI=1S/C26H25NO/c27-25(24-16-15-22-13-7-8-14-23(22)17-24)26(28,18-20-9-3-1-4-10-20)19-21-11-5-2-6-12-21/h1-17,25,28H,18-19,27H2. The Kier molecular flexibility index (Phi) is 5.25. The van der Waals surface area contributed by atoms with Crippen LogP contribution in [0.15, 0.2) is 103 Å². The minimum absolute atomic E-state index is 0.497. The maximum atomic E-state index is 11.8. The summed E-state index contributed by atoms with van der Waals surface area (Å²) in [5.74, 6) is 0. The molecule has 0 saturated heterocycles. The Balaban J connectivity index is 1.71. The minimum Gasteiger partial charge on any atom is -0.387 e. The van der Waals surface area contributed by atoms with Crippen molar-refractivity contribution in [2.24, 2.45) is 5.73 Å².